The molecule has 0 bridgehead atoms. The average molecular weight is 336 g/mol. The van der Waals surface area contributed by atoms with Gasteiger partial charge in [-0.3, -0.25) is 4.90 Å². The number of hydrogen-bond acceptors (Lipinski definition) is 6. The molecule has 23 heavy (non-hydrogen) atoms. The van der Waals surface area contributed by atoms with Gasteiger partial charge in [0, 0.05) is 32.6 Å². The van der Waals surface area contributed by atoms with Gasteiger partial charge < -0.3 is 4.52 Å². The summed E-state index contributed by atoms with van der Waals surface area (Å²) in [5.74, 6) is 1.28. The smallest absolute Gasteiger partial charge is 0.243 e. The summed E-state index contributed by atoms with van der Waals surface area (Å²) in [5.41, 5.74) is 0. The summed E-state index contributed by atoms with van der Waals surface area (Å²) in [7, 11) is -3.40. The normalized spacial score (nSPS) is 17.4. The molecule has 1 aromatic heterocycles. The molecule has 124 valence electrons. The molecule has 0 unspecified atom stereocenters. The van der Waals surface area contributed by atoms with E-state index in [-0.39, 0.29) is 0 Å². The van der Waals surface area contributed by atoms with Crippen molar-refractivity contribution in [2.75, 3.05) is 26.2 Å². The lowest BCUT2D eigenvalue weighted by molar-refractivity contribution is 0.176. The highest BCUT2D eigenvalue weighted by molar-refractivity contribution is 7.89. The first kappa shape index (κ1) is 16.1. The van der Waals surface area contributed by atoms with Crippen LogP contribution < -0.4 is 0 Å². The Morgan fingerprint density at radius 2 is 1.83 bits per heavy atom. The van der Waals surface area contributed by atoms with Gasteiger partial charge in [-0.25, -0.2) is 8.42 Å². The molecule has 0 spiro atoms. The fourth-order valence-corrected chi connectivity index (χ4v) is 4.01. The van der Waals surface area contributed by atoms with Gasteiger partial charge in [-0.15, -0.1) is 0 Å². The van der Waals surface area contributed by atoms with Gasteiger partial charge in [0.1, 0.15) is 0 Å². The molecular weight excluding hydrogens is 316 g/mol. The Morgan fingerprint density at radius 3 is 2.43 bits per heavy atom. The highest BCUT2D eigenvalue weighted by Gasteiger charge is 2.28. The average Bonchev–Trinajstić information content (AvgIpc) is 3.04. The SMILES string of the molecule is CCc1nc(CN2CCN(S(=O)(=O)c3ccccc3)CC2)no1. The second-order valence-corrected chi connectivity index (χ2v) is 7.39. The van der Waals surface area contributed by atoms with Crippen LogP contribution >= 0.6 is 0 Å². The predicted octanol–water partition coefficient (Wildman–Crippen LogP) is 1.14. The van der Waals surface area contributed by atoms with Crippen molar-refractivity contribution in [1.29, 1.82) is 0 Å². The van der Waals surface area contributed by atoms with Gasteiger partial charge in [-0.1, -0.05) is 30.3 Å². The Labute approximate surface area is 136 Å². The highest BCUT2D eigenvalue weighted by atomic mass is 32.2. The van der Waals surface area contributed by atoms with E-state index in [1.165, 1.54) is 4.31 Å². The van der Waals surface area contributed by atoms with Crippen molar-refractivity contribution in [3.63, 3.8) is 0 Å². The summed E-state index contributed by atoms with van der Waals surface area (Å²) in [5, 5.41) is 3.94. The highest BCUT2D eigenvalue weighted by Crippen LogP contribution is 2.17. The third-order valence-corrected chi connectivity index (χ3v) is 5.80. The van der Waals surface area contributed by atoms with Gasteiger partial charge in [0.2, 0.25) is 15.9 Å². The lowest BCUT2D eigenvalue weighted by atomic mass is 10.3. The molecule has 2 heterocycles. The Hall–Kier alpha value is -1.77. The zero-order chi connectivity index (χ0) is 16.3. The molecule has 7 nitrogen and oxygen atoms in total. The van der Waals surface area contributed by atoms with E-state index in [0.29, 0.717) is 49.3 Å². The second kappa shape index (κ2) is 6.77. The van der Waals surface area contributed by atoms with Crippen LogP contribution in [0.2, 0.25) is 0 Å². The predicted molar refractivity (Wildman–Crippen MR) is 84.2 cm³/mol. The number of rotatable bonds is 5. The molecule has 0 saturated carbocycles. The lowest BCUT2D eigenvalue weighted by Crippen LogP contribution is -2.48. The summed E-state index contributed by atoms with van der Waals surface area (Å²) in [6.07, 6.45) is 0.718. The number of hydrogen-bond donors (Lipinski definition) is 0. The maximum atomic E-state index is 12.6. The molecule has 1 aliphatic heterocycles. The molecule has 0 aliphatic carbocycles. The molecular formula is C15H20N4O3S. The van der Waals surface area contributed by atoms with Crippen molar-refractivity contribution in [1.82, 2.24) is 19.3 Å². The summed E-state index contributed by atoms with van der Waals surface area (Å²) >= 11 is 0. The van der Waals surface area contributed by atoms with E-state index in [9.17, 15) is 8.42 Å². The van der Waals surface area contributed by atoms with E-state index in [4.69, 9.17) is 4.52 Å². The maximum absolute atomic E-state index is 12.6. The van der Waals surface area contributed by atoms with Gasteiger partial charge >= 0.3 is 0 Å². The molecule has 1 aliphatic rings. The number of aromatic nitrogens is 2. The van der Waals surface area contributed by atoms with Crippen LogP contribution in [0.25, 0.3) is 0 Å². The molecule has 8 heteroatoms. The van der Waals surface area contributed by atoms with Gasteiger partial charge in [0.15, 0.2) is 5.82 Å². The van der Waals surface area contributed by atoms with Crippen LogP contribution in [0.4, 0.5) is 0 Å². The molecule has 3 rings (SSSR count). The molecule has 0 radical (unpaired) electrons. The number of sulfonamides is 1. The van der Waals surface area contributed by atoms with Crippen LogP contribution in [0.5, 0.6) is 0 Å². The van der Waals surface area contributed by atoms with E-state index in [0.717, 1.165) is 6.42 Å². The topological polar surface area (TPSA) is 79.5 Å². The Morgan fingerprint density at radius 1 is 1.13 bits per heavy atom. The van der Waals surface area contributed by atoms with Crippen molar-refractivity contribution in [3.05, 3.63) is 42.0 Å². The Balaban J connectivity index is 1.60. The molecule has 2 aromatic rings. The Bertz CT molecular complexity index is 737. The van der Waals surface area contributed by atoms with Gasteiger partial charge in [0.05, 0.1) is 11.4 Å². The first-order valence-corrected chi connectivity index (χ1v) is 9.12. The summed E-state index contributed by atoms with van der Waals surface area (Å²) in [6, 6.07) is 8.56. The summed E-state index contributed by atoms with van der Waals surface area (Å²) in [6.45, 7) is 4.79. The first-order chi connectivity index (χ1) is 11.1. The van der Waals surface area contributed by atoms with Crippen LogP contribution in [-0.2, 0) is 23.0 Å². The van der Waals surface area contributed by atoms with Crippen molar-refractivity contribution in [3.8, 4) is 0 Å². The third-order valence-electron chi connectivity index (χ3n) is 3.89. The lowest BCUT2D eigenvalue weighted by Gasteiger charge is -2.33. The van der Waals surface area contributed by atoms with Crippen LogP contribution in [-0.4, -0.2) is 53.9 Å². The Kier molecular flexibility index (Phi) is 4.74. The molecule has 1 fully saturated rings. The minimum absolute atomic E-state index is 0.346. The maximum Gasteiger partial charge on any atom is 0.243 e. The molecule has 1 aromatic carbocycles. The third kappa shape index (κ3) is 3.60. The second-order valence-electron chi connectivity index (χ2n) is 5.45. The summed E-state index contributed by atoms with van der Waals surface area (Å²) in [4.78, 5) is 6.77. The van der Waals surface area contributed by atoms with Crippen LogP contribution in [0, 0.1) is 0 Å². The summed E-state index contributed by atoms with van der Waals surface area (Å²) < 4.78 is 31.8. The number of benzene rings is 1. The number of piperazine rings is 1. The van der Waals surface area contributed by atoms with Crippen molar-refractivity contribution < 1.29 is 12.9 Å². The monoisotopic (exact) mass is 336 g/mol. The molecule has 0 N–H and O–H groups in total. The number of nitrogens with zero attached hydrogens (tertiary/aromatic N) is 4. The van der Waals surface area contributed by atoms with Crippen molar-refractivity contribution in [2.24, 2.45) is 0 Å². The minimum Gasteiger partial charge on any atom is -0.339 e. The molecule has 0 amide bonds. The van der Waals surface area contributed by atoms with E-state index in [1.807, 2.05) is 13.0 Å². The van der Waals surface area contributed by atoms with E-state index < -0.39 is 10.0 Å². The fraction of sp³-hybridized carbons (Fsp3) is 0.467. The van der Waals surface area contributed by atoms with E-state index in [2.05, 4.69) is 15.0 Å². The van der Waals surface area contributed by atoms with Gasteiger partial charge in [-0.2, -0.15) is 9.29 Å². The van der Waals surface area contributed by atoms with Crippen LogP contribution in [0.15, 0.2) is 39.8 Å². The van der Waals surface area contributed by atoms with Crippen LogP contribution in [0.1, 0.15) is 18.6 Å². The molecule has 1 saturated heterocycles. The van der Waals surface area contributed by atoms with Gasteiger partial charge in [0.25, 0.3) is 0 Å². The largest absolute Gasteiger partial charge is 0.339 e. The van der Waals surface area contributed by atoms with E-state index >= 15 is 0 Å². The van der Waals surface area contributed by atoms with Crippen LogP contribution in [0.3, 0.4) is 0 Å². The standard InChI is InChI=1S/C15H20N4O3S/c1-2-15-16-14(17-22-15)12-18-8-10-19(11-9-18)23(20,21)13-6-4-3-5-7-13/h3-7H,2,8-12H2,1H3. The van der Waals surface area contributed by atoms with E-state index in [1.54, 1.807) is 24.3 Å². The number of aryl methyl sites for hydroxylation is 1. The fourth-order valence-electron chi connectivity index (χ4n) is 2.57. The zero-order valence-corrected chi connectivity index (χ0v) is 13.9. The zero-order valence-electron chi connectivity index (χ0n) is 13.1. The minimum atomic E-state index is -3.40. The molecule has 0 atom stereocenters. The van der Waals surface area contributed by atoms with Gasteiger partial charge in [-0.05, 0) is 12.1 Å². The van der Waals surface area contributed by atoms with Crippen molar-refractivity contribution >= 4 is 10.0 Å². The van der Waals surface area contributed by atoms with Crippen molar-refractivity contribution in [2.45, 2.75) is 24.8 Å². The first-order valence-electron chi connectivity index (χ1n) is 7.68. The quantitative estimate of drug-likeness (QED) is 0.814.